The molecule has 0 saturated heterocycles. The van der Waals surface area contributed by atoms with Crippen molar-refractivity contribution in [2.24, 2.45) is 0 Å². The Morgan fingerprint density at radius 3 is 1.77 bits per heavy atom. The van der Waals surface area contributed by atoms with E-state index in [1.807, 2.05) is 6.20 Å². The third-order valence-electron chi connectivity index (χ3n) is 14.0. The van der Waals surface area contributed by atoms with Crippen LogP contribution in [0.3, 0.4) is 0 Å². The van der Waals surface area contributed by atoms with Gasteiger partial charge >= 0.3 is 0 Å². The molecule has 0 fully saturated rings. The lowest BCUT2D eigenvalue weighted by atomic mass is 9.71. The zero-order valence-corrected chi connectivity index (χ0v) is 39.6. The minimum atomic E-state index is -0.143. The molecule has 0 unspecified atom stereocenters. The van der Waals surface area contributed by atoms with Gasteiger partial charge in [0.1, 0.15) is 24.0 Å². The molecule has 0 radical (unpaired) electrons. The van der Waals surface area contributed by atoms with Crippen molar-refractivity contribution < 1.29 is 4.74 Å². The summed E-state index contributed by atoms with van der Waals surface area (Å²) in [4.78, 5) is 9.95. The van der Waals surface area contributed by atoms with Crippen molar-refractivity contribution in [3.05, 3.63) is 204 Å². The topological polar surface area (TPSA) is 33.5 Å². The standard InChI is InChI=1S/C61H60N4O/c1-9-61(10-2,44-22-15-12-16-23-44)45-32-33-62-58(38-45)65-54-31-28-43(42-20-13-11-14-21-42)34-53(54)52-30-29-51(40-57(52)65)66-50-25-19-24-48(39-50)63-41-64(56-27-18-17-26-55(56)63)49-36-46(59(3,4)5)35-47(37-49)60(6,7)8/h11-40H,9-10,41H2,1-8H3. The van der Waals surface area contributed by atoms with Crippen LogP contribution in [0, 0.1) is 0 Å². The molecule has 0 saturated carbocycles. The first-order valence-electron chi connectivity index (χ1n) is 23.6. The number of para-hydroxylation sites is 2. The van der Waals surface area contributed by atoms with Crippen LogP contribution in [0.25, 0.3) is 38.8 Å². The van der Waals surface area contributed by atoms with Crippen molar-refractivity contribution in [3.8, 4) is 28.4 Å². The van der Waals surface area contributed by atoms with Gasteiger partial charge in [0.2, 0.25) is 0 Å². The minimum Gasteiger partial charge on any atom is -0.457 e. The fraction of sp³-hybridized carbons (Fsp3) is 0.230. The second-order valence-corrected chi connectivity index (χ2v) is 20.0. The van der Waals surface area contributed by atoms with Gasteiger partial charge in [0.15, 0.2) is 0 Å². The maximum Gasteiger partial charge on any atom is 0.137 e. The maximum atomic E-state index is 6.87. The first kappa shape index (κ1) is 42.8. The first-order chi connectivity index (χ1) is 31.8. The molecule has 0 aliphatic carbocycles. The second-order valence-electron chi connectivity index (χ2n) is 20.0. The fourth-order valence-corrected chi connectivity index (χ4v) is 10.1. The molecule has 1 aliphatic rings. The minimum absolute atomic E-state index is 0.0159. The zero-order valence-electron chi connectivity index (χ0n) is 39.6. The van der Waals surface area contributed by atoms with Crippen LogP contribution in [0.2, 0.25) is 0 Å². The average Bonchev–Trinajstić information content (AvgIpc) is 3.88. The number of anilines is 4. The molecule has 9 aromatic rings. The highest BCUT2D eigenvalue weighted by atomic mass is 16.5. The number of hydrogen-bond donors (Lipinski definition) is 0. The Bertz CT molecular complexity index is 3170. The lowest BCUT2D eigenvalue weighted by molar-refractivity contribution is 0.477. The van der Waals surface area contributed by atoms with Crippen molar-refractivity contribution in [1.29, 1.82) is 0 Å². The summed E-state index contributed by atoms with van der Waals surface area (Å²) in [5.74, 6) is 2.43. The highest BCUT2D eigenvalue weighted by Crippen LogP contribution is 2.47. The van der Waals surface area contributed by atoms with Crippen LogP contribution in [0.15, 0.2) is 182 Å². The molecule has 5 nitrogen and oxygen atoms in total. The van der Waals surface area contributed by atoms with E-state index in [0.717, 1.165) is 52.3 Å². The molecule has 0 amide bonds. The molecular formula is C61H60N4O. The van der Waals surface area contributed by atoms with Crippen molar-refractivity contribution in [2.75, 3.05) is 16.5 Å². The van der Waals surface area contributed by atoms with Gasteiger partial charge in [0.25, 0.3) is 0 Å². The third kappa shape index (κ3) is 7.70. The van der Waals surface area contributed by atoms with E-state index in [0.29, 0.717) is 6.67 Å². The van der Waals surface area contributed by atoms with Gasteiger partial charge in [-0.1, -0.05) is 146 Å². The van der Waals surface area contributed by atoms with Crippen LogP contribution < -0.4 is 14.5 Å². The van der Waals surface area contributed by atoms with Crippen LogP contribution in [0.1, 0.15) is 90.5 Å². The lowest BCUT2D eigenvalue weighted by Gasteiger charge is -2.33. The van der Waals surface area contributed by atoms with E-state index in [9.17, 15) is 0 Å². The number of hydrogen-bond acceptors (Lipinski definition) is 4. The Morgan fingerprint density at radius 1 is 0.470 bits per heavy atom. The van der Waals surface area contributed by atoms with Crippen molar-refractivity contribution >= 4 is 44.6 Å². The Hall–Kier alpha value is -7.11. The van der Waals surface area contributed by atoms with E-state index in [1.54, 1.807) is 0 Å². The zero-order chi connectivity index (χ0) is 45.8. The Morgan fingerprint density at radius 2 is 1.11 bits per heavy atom. The van der Waals surface area contributed by atoms with Crippen LogP contribution in [0.5, 0.6) is 11.5 Å². The maximum absolute atomic E-state index is 6.87. The van der Waals surface area contributed by atoms with E-state index in [1.165, 1.54) is 55.8 Å². The molecule has 3 heterocycles. The van der Waals surface area contributed by atoms with Crippen molar-refractivity contribution in [2.45, 2.75) is 84.5 Å². The normalized spacial score (nSPS) is 13.2. The van der Waals surface area contributed by atoms with Crippen LogP contribution >= 0.6 is 0 Å². The van der Waals surface area contributed by atoms with E-state index < -0.39 is 0 Å². The molecule has 0 bridgehead atoms. The number of pyridine rings is 1. The quantitative estimate of drug-likeness (QED) is 0.137. The number of benzene rings is 7. The van der Waals surface area contributed by atoms with Crippen molar-refractivity contribution in [1.82, 2.24) is 9.55 Å². The van der Waals surface area contributed by atoms with Crippen LogP contribution in [-0.2, 0) is 16.2 Å². The van der Waals surface area contributed by atoms with E-state index in [-0.39, 0.29) is 16.2 Å². The summed E-state index contributed by atoms with van der Waals surface area (Å²) in [5, 5.41) is 2.32. The number of fused-ring (bicyclic) bond motifs is 4. The number of ether oxygens (including phenoxy) is 1. The average molecular weight is 865 g/mol. The van der Waals surface area contributed by atoms with E-state index in [4.69, 9.17) is 9.72 Å². The van der Waals surface area contributed by atoms with Gasteiger partial charge in [-0.15, -0.1) is 0 Å². The summed E-state index contributed by atoms with van der Waals surface area (Å²) in [6, 6.07) is 63.8. The highest BCUT2D eigenvalue weighted by molar-refractivity contribution is 6.10. The predicted octanol–water partition coefficient (Wildman–Crippen LogP) is 16.6. The number of aromatic nitrogens is 2. The summed E-state index contributed by atoms with van der Waals surface area (Å²) in [7, 11) is 0. The van der Waals surface area contributed by atoms with Crippen LogP contribution in [0.4, 0.5) is 22.7 Å². The molecule has 5 heteroatoms. The summed E-state index contributed by atoms with van der Waals surface area (Å²) in [6.45, 7) is 19.1. The van der Waals surface area contributed by atoms with Crippen LogP contribution in [-0.4, -0.2) is 16.2 Å². The Balaban J connectivity index is 1.04. The number of nitrogens with zero attached hydrogens (tertiary/aromatic N) is 4. The molecule has 0 N–H and O–H groups in total. The molecule has 7 aromatic carbocycles. The monoisotopic (exact) mass is 864 g/mol. The summed E-state index contributed by atoms with van der Waals surface area (Å²) < 4.78 is 9.19. The molecule has 10 rings (SSSR count). The summed E-state index contributed by atoms with van der Waals surface area (Å²) in [5.41, 5.74) is 14.3. The molecule has 0 spiro atoms. The van der Waals surface area contributed by atoms with Crippen molar-refractivity contribution in [3.63, 3.8) is 0 Å². The summed E-state index contributed by atoms with van der Waals surface area (Å²) >= 11 is 0. The van der Waals surface area contributed by atoms with Gasteiger partial charge in [0.05, 0.1) is 22.4 Å². The van der Waals surface area contributed by atoms with E-state index >= 15 is 0 Å². The first-order valence-corrected chi connectivity index (χ1v) is 23.6. The molecule has 1 aliphatic heterocycles. The predicted molar refractivity (Wildman–Crippen MR) is 278 cm³/mol. The fourth-order valence-electron chi connectivity index (χ4n) is 10.1. The van der Waals surface area contributed by atoms with Gasteiger partial charge in [-0.3, -0.25) is 4.57 Å². The van der Waals surface area contributed by atoms with Gasteiger partial charge in [-0.05, 0) is 130 Å². The summed E-state index contributed by atoms with van der Waals surface area (Å²) in [6.07, 6.45) is 3.94. The van der Waals surface area contributed by atoms with Gasteiger partial charge < -0.3 is 14.5 Å². The Labute approximate surface area is 391 Å². The molecule has 2 aromatic heterocycles. The van der Waals surface area contributed by atoms with Gasteiger partial charge in [-0.2, -0.15) is 0 Å². The largest absolute Gasteiger partial charge is 0.457 e. The Kier molecular flexibility index (Phi) is 10.8. The van der Waals surface area contributed by atoms with Gasteiger partial charge in [-0.25, -0.2) is 4.98 Å². The lowest BCUT2D eigenvalue weighted by Crippen LogP contribution is -2.26. The molecular weight excluding hydrogens is 805 g/mol. The molecule has 0 atom stereocenters. The smallest absolute Gasteiger partial charge is 0.137 e. The van der Waals surface area contributed by atoms with Gasteiger partial charge in [0, 0.05) is 45.9 Å². The second kappa shape index (κ2) is 16.7. The third-order valence-corrected chi connectivity index (χ3v) is 14.0. The van der Waals surface area contributed by atoms with E-state index in [2.05, 4.69) is 246 Å². The SMILES string of the molecule is CCC(CC)(c1ccccc1)c1ccnc(-n2c3ccc(-c4ccccc4)cc3c3ccc(Oc4cccc(N5CN(c6cc(C(C)(C)C)cc(C(C)(C)C)c6)c6ccccc65)c4)cc32)c1. The highest BCUT2D eigenvalue weighted by Gasteiger charge is 2.32. The number of rotatable bonds is 10. The molecule has 66 heavy (non-hydrogen) atoms. The molecule has 330 valence electrons.